The molecule has 0 atom stereocenters. The standard InChI is InChI=1S/C69H46N2S/c1-69(2)63-22-12-10-20-56(63)57-34-32-50(42-64(57)69)70(47-14-4-3-5-15-47)48-29-24-43(25-30-48)44-26-35-65-60(38-44)61-39-45(46-28-37-68-62(40-46)58-21-11-13-23-67(58)72-68)27-36-66(61)71(65)49-31-33-55-53-18-7-6-16-51(53)52-17-8-9-19-54(52)59(55)41-49/h3-42H,1-2H3. The zero-order valence-electron chi connectivity index (χ0n) is 39.9. The maximum absolute atomic E-state index is 2.48. The van der Waals surface area contributed by atoms with Gasteiger partial charge in [0.25, 0.3) is 0 Å². The molecule has 2 nitrogen and oxygen atoms in total. The van der Waals surface area contributed by atoms with Gasteiger partial charge in [0.05, 0.1) is 11.0 Å². The Kier molecular flexibility index (Phi) is 8.91. The van der Waals surface area contributed by atoms with E-state index in [-0.39, 0.29) is 5.41 Å². The minimum atomic E-state index is -0.0965. The molecule has 15 rings (SSSR count). The molecule has 12 aromatic carbocycles. The number of para-hydroxylation sites is 1. The summed E-state index contributed by atoms with van der Waals surface area (Å²) in [7, 11) is 0. The van der Waals surface area contributed by atoms with Gasteiger partial charge in [-0.05, 0) is 168 Å². The molecular formula is C69H46N2S. The first-order valence-electron chi connectivity index (χ1n) is 25.0. The van der Waals surface area contributed by atoms with E-state index >= 15 is 0 Å². The van der Waals surface area contributed by atoms with Crippen molar-refractivity contribution in [1.82, 2.24) is 4.57 Å². The van der Waals surface area contributed by atoms with Crippen molar-refractivity contribution in [2.45, 2.75) is 19.3 Å². The van der Waals surface area contributed by atoms with Crippen molar-refractivity contribution in [2.24, 2.45) is 0 Å². The third-order valence-corrected chi connectivity index (χ3v) is 16.9. The number of nitrogens with zero attached hydrogens (tertiary/aromatic N) is 2. The second kappa shape index (κ2) is 15.6. The smallest absolute Gasteiger partial charge is 0.0541 e. The average molecular weight is 935 g/mol. The van der Waals surface area contributed by atoms with Crippen LogP contribution < -0.4 is 4.90 Å². The highest BCUT2D eigenvalue weighted by atomic mass is 32.1. The lowest BCUT2D eigenvalue weighted by Crippen LogP contribution is -2.16. The lowest BCUT2D eigenvalue weighted by molar-refractivity contribution is 0.660. The first-order chi connectivity index (χ1) is 35.4. The van der Waals surface area contributed by atoms with Gasteiger partial charge in [0.15, 0.2) is 0 Å². The summed E-state index contributed by atoms with van der Waals surface area (Å²) in [5.74, 6) is 0. The Bertz CT molecular complexity index is 4500. The molecule has 1 aliphatic carbocycles. The fraction of sp³-hybridized carbons (Fsp3) is 0.0435. The Hall–Kier alpha value is -8.76. The van der Waals surface area contributed by atoms with Crippen molar-refractivity contribution >= 4 is 103 Å². The van der Waals surface area contributed by atoms with Crippen LogP contribution in [0.1, 0.15) is 25.0 Å². The molecule has 0 radical (unpaired) electrons. The summed E-state index contributed by atoms with van der Waals surface area (Å²) >= 11 is 1.87. The largest absolute Gasteiger partial charge is 0.310 e. The summed E-state index contributed by atoms with van der Waals surface area (Å²) in [6.07, 6.45) is 0. The molecule has 1 aliphatic rings. The highest BCUT2D eigenvalue weighted by Gasteiger charge is 2.35. The van der Waals surface area contributed by atoms with Gasteiger partial charge < -0.3 is 9.47 Å². The Morgan fingerprint density at radius 1 is 0.319 bits per heavy atom. The average Bonchev–Trinajstić information content (AvgIpc) is 4.05. The Labute approximate surface area is 421 Å². The lowest BCUT2D eigenvalue weighted by atomic mass is 9.82. The Morgan fingerprint density at radius 2 is 0.819 bits per heavy atom. The van der Waals surface area contributed by atoms with E-state index in [1.807, 2.05) is 11.3 Å². The van der Waals surface area contributed by atoms with Crippen molar-refractivity contribution in [3.8, 4) is 39.1 Å². The van der Waals surface area contributed by atoms with Crippen LogP contribution in [0.15, 0.2) is 243 Å². The van der Waals surface area contributed by atoms with E-state index in [0.717, 1.165) is 22.7 Å². The number of fused-ring (bicyclic) bond motifs is 15. The van der Waals surface area contributed by atoms with Crippen LogP contribution in [-0.4, -0.2) is 4.57 Å². The molecular weight excluding hydrogens is 889 g/mol. The summed E-state index contributed by atoms with van der Waals surface area (Å²) in [4.78, 5) is 2.40. The topological polar surface area (TPSA) is 8.17 Å². The second-order valence-electron chi connectivity index (χ2n) is 20.0. The zero-order chi connectivity index (χ0) is 47.7. The van der Waals surface area contributed by atoms with Crippen LogP contribution in [0.3, 0.4) is 0 Å². The molecule has 0 fully saturated rings. The maximum Gasteiger partial charge on any atom is 0.0541 e. The molecule has 0 saturated heterocycles. The molecule has 0 aliphatic heterocycles. The highest BCUT2D eigenvalue weighted by Crippen LogP contribution is 2.51. The number of rotatable bonds is 6. The monoisotopic (exact) mass is 934 g/mol. The Morgan fingerprint density at radius 3 is 1.53 bits per heavy atom. The molecule has 0 N–H and O–H groups in total. The van der Waals surface area contributed by atoms with Gasteiger partial charge >= 0.3 is 0 Å². The molecule has 72 heavy (non-hydrogen) atoms. The quantitative estimate of drug-likeness (QED) is 0.151. The summed E-state index contributed by atoms with van der Waals surface area (Å²) in [5.41, 5.74) is 17.0. The Balaban J connectivity index is 0.886. The molecule has 0 saturated carbocycles. The van der Waals surface area contributed by atoms with Crippen molar-refractivity contribution in [1.29, 1.82) is 0 Å². The normalized spacial score (nSPS) is 13.0. The third kappa shape index (κ3) is 6.14. The summed E-state index contributed by atoms with van der Waals surface area (Å²) in [6.45, 7) is 4.71. The van der Waals surface area contributed by atoms with E-state index in [0.29, 0.717) is 0 Å². The number of thiophene rings is 1. The fourth-order valence-electron chi connectivity index (χ4n) is 12.3. The molecule has 3 heteroatoms. The summed E-state index contributed by atoms with van der Waals surface area (Å²) < 4.78 is 5.12. The SMILES string of the molecule is CC1(C)c2ccccc2-c2ccc(N(c3ccccc3)c3ccc(-c4ccc5c(c4)c4cc(-c6ccc7sc8ccccc8c7c6)ccc4n5-c4ccc5c6ccccc6c6ccccc6c5c4)cc3)cc21. The van der Waals surface area contributed by atoms with Gasteiger partial charge in [0.2, 0.25) is 0 Å². The highest BCUT2D eigenvalue weighted by molar-refractivity contribution is 7.25. The lowest BCUT2D eigenvalue weighted by Gasteiger charge is -2.28. The van der Waals surface area contributed by atoms with E-state index in [4.69, 9.17) is 0 Å². The van der Waals surface area contributed by atoms with Crippen LogP contribution in [-0.2, 0) is 5.41 Å². The molecule has 0 spiro atoms. The molecule has 2 heterocycles. The minimum Gasteiger partial charge on any atom is -0.310 e. The second-order valence-corrected chi connectivity index (χ2v) is 21.1. The van der Waals surface area contributed by atoms with Gasteiger partial charge in [0, 0.05) is 59.1 Å². The van der Waals surface area contributed by atoms with Gasteiger partial charge in [-0.2, -0.15) is 0 Å². The molecule has 0 unspecified atom stereocenters. The number of aromatic nitrogens is 1. The van der Waals surface area contributed by atoms with Gasteiger partial charge in [0.1, 0.15) is 0 Å². The van der Waals surface area contributed by atoms with Gasteiger partial charge in [-0.1, -0.05) is 166 Å². The summed E-state index contributed by atoms with van der Waals surface area (Å²) in [6, 6.07) is 90.5. The van der Waals surface area contributed by atoms with Crippen LogP contribution >= 0.6 is 11.3 Å². The molecule has 2 aromatic heterocycles. The van der Waals surface area contributed by atoms with Crippen molar-refractivity contribution in [3.63, 3.8) is 0 Å². The third-order valence-electron chi connectivity index (χ3n) is 15.8. The first-order valence-corrected chi connectivity index (χ1v) is 25.8. The van der Waals surface area contributed by atoms with E-state index < -0.39 is 0 Å². The predicted octanol–water partition coefficient (Wildman–Crippen LogP) is 19.7. The van der Waals surface area contributed by atoms with Crippen LogP contribution in [0.4, 0.5) is 17.1 Å². The maximum atomic E-state index is 2.48. The predicted molar refractivity (Wildman–Crippen MR) is 309 cm³/mol. The van der Waals surface area contributed by atoms with Crippen LogP contribution in [0.5, 0.6) is 0 Å². The fourth-order valence-corrected chi connectivity index (χ4v) is 13.3. The van der Waals surface area contributed by atoms with Crippen LogP contribution in [0, 0.1) is 0 Å². The first kappa shape index (κ1) is 41.1. The molecule has 14 aromatic rings. The number of anilines is 3. The van der Waals surface area contributed by atoms with E-state index in [2.05, 4.69) is 266 Å². The summed E-state index contributed by atoms with van der Waals surface area (Å²) in [5, 5.41) is 12.8. The van der Waals surface area contributed by atoms with Crippen molar-refractivity contribution < 1.29 is 0 Å². The number of hydrogen-bond acceptors (Lipinski definition) is 2. The molecule has 0 amide bonds. The zero-order valence-corrected chi connectivity index (χ0v) is 40.7. The van der Waals surface area contributed by atoms with Crippen molar-refractivity contribution in [3.05, 3.63) is 254 Å². The molecule has 0 bridgehead atoms. The van der Waals surface area contributed by atoms with E-state index in [9.17, 15) is 0 Å². The van der Waals surface area contributed by atoms with Crippen LogP contribution in [0.25, 0.3) is 113 Å². The minimum absolute atomic E-state index is 0.0965. The number of hydrogen-bond donors (Lipinski definition) is 0. The van der Waals surface area contributed by atoms with Gasteiger partial charge in [-0.15, -0.1) is 11.3 Å². The van der Waals surface area contributed by atoms with Gasteiger partial charge in [-0.25, -0.2) is 0 Å². The molecule has 338 valence electrons. The van der Waals surface area contributed by atoms with Crippen molar-refractivity contribution in [2.75, 3.05) is 4.90 Å². The van der Waals surface area contributed by atoms with E-state index in [1.165, 1.54) is 119 Å². The van der Waals surface area contributed by atoms with Gasteiger partial charge in [-0.3, -0.25) is 0 Å². The van der Waals surface area contributed by atoms with Crippen LogP contribution in [0.2, 0.25) is 0 Å². The van der Waals surface area contributed by atoms with E-state index in [1.54, 1.807) is 0 Å². The number of benzene rings is 12.